The second-order valence-corrected chi connectivity index (χ2v) is 6.12. The number of nitrogens with zero attached hydrogens (tertiary/aromatic N) is 3. The number of rotatable bonds is 8. The molecule has 0 amide bonds. The van der Waals surface area contributed by atoms with Crippen LogP contribution in [0.5, 0.6) is 5.75 Å². The zero-order valence-electron chi connectivity index (χ0n) is 14.3. The highest BCUT2D eigenvalue weighted by molar-refractivity contribution is 5.82. The normalized spacial score (nSPS) is 11.3. The summed E-state index contributed by atoms with van der Waals surface area (Å²) in [5.41, 5.74) is 3.17. The minimum absolute atomic E-state index is 0.517. The van der Waals surface area contributed by atoms with Gasteiger partial charge in [0.1, 0.15) is 12.4 Å². The average Bonchev–Trinajstić information content (AvgIpc) is 3.01. The van der Waals surface area contributed by atoms with E-state index in [4.69, 9.17) is 4.74 Å². The van der Waals surface area contributed by atoms with Gasteiger partial charge >= 0.3 is 0 Å². The van der Waals surface area contributed by atoms with Crippen molar-refractivity contribution in [3.63, 3.8) is 0 Å². The van der Waals surface area contributed by atoms with Gasteiger partial charge in [-0.2, -0.15) is 5.10 Å². The maximum absolute atomic E-state index is 5.90. The number of fused-ring (bicyclic) bond motifs is 1. The number of pyridine rings is 1. The predicted molar refractivity (Wildman–Crippen MR) is 95.9 cm³/mol. The Morgan fingerprint density at radius 2 is 2.17 bits per heavy atom. The van der Waals surface area contributed by atoms with E-state index in [2.05, 4.69) is 40.1 Å². The minimum Gasteiger partial charge on any atom is -0.489 e. The number of aromatic amines is 1. The van der Waals surface area contributed by atoms with E-state index in [0.717, 1.165) is 41.0 Å². The fraction of sp³-hybridized carbons (Fsp3) is 0.368. The number of ether oxygens (including phenoxy) is 1. The lowest BCUT2D eigenvalue weighted by Gasteiger charge is -2.15. The van der Waals surface area contributed by atoms with Crippen LogP contribution in [0.2, 0.25) is 0 Å². The van der Waals surface area contributed by atoms with Crippen LogP contribution in [0.15, 0.2) is 42.7 Å². The molecule has 0 unspecified atom stereocenters. The number of benzene rings is 1. The summed E-state index contributed by atoms with van der Waals surface area (Å²) in [6.45, 7) is 4.69. The Labute approximate surface area is 142 Å². The predicted octanol–water partition coefficient (Wildman–Crippen LogP) is 3.77. The molecular formula is C19H24N4O. The molecule has 2 aromatic heterocycles. The lowest BCUT2D eigenvalue weighted by atomic mass is 10.2. The second-order valence-electron chi connectivity index (χ2n) is 6.12. The van der Waals surface area contributed by atoms with E-state index in [0.29, 0.717) is 6.61 Å². The van der Waals surface area contributed by atoms with Crippen LogP contribution in [-0.4, -0.2) is 33.7 Å². The molecule has 2 heterocycles. The first-order valence-electron chi connectivity index (χ1n) is 8.43. The maximum Gasteiger partial charge on any atom is 0.120 e. The Morgan fingerprint density at radius 3 is 2.96 bits per heavy atom. The van der Waals surface area contributed by atoms with Gasteiger partial charge in [0.25, 0.3) is 0 Å². The highest BCUT2D eigenvalue weighted by Gasteiger charge is 2.09. The molecule has 0 bridgehead atoms. The summed E-state index contributed by atoms with van der Waals surface area (Å²) in [5.74, 6) is 0.852. The Kier molecular flexibility index (Phi) is 5.43. The van der Waals surface area contributed by atoms with Gasteiger partial charge in [-0.15, -0.1) is 0 Å². The third kappa shape index (κ3) is 4.11. The van der Waals surface area contributed by atoms with Gasteiger partial charge in [0, 0.05) is 29.9 Å². The van der Waals surface area contributed by atoms with E-state index < -0.39 is 0 Å². The first-order chi connectivity index (χ1) is 11.8. The molecule has 0 radical (unpaired) electrons. The third-order valence-corrected chi connectivity index (χ3v) is 4.05. The van der Waals surface area contributed by atoms with Crippen molar-refractivity contribution in [1.29, 1.82) is 0 Å². The molecule has 5 nitrogen and oxygen atoms in total. The van der Waals surface area contributed by atoms with Crippen LogP contribution < -0.4 is 4.74 Å². The first-order valence-corrected chi connectivity index (χ1v) is 8.43. The van der Waals surface area contributed by atoms with Crippen LogP contribution in [0.3, 0.4) is 0 Å². The van der Waals surface area contributed by atoms with Crippen LogP contribution in [0.1, 0.15) is 31.0 Å². The Morgan fingerprint density at radius 1 is 1.25 bits per heavy atom. The van der Waals surface area contributed by atoms with E-state index in [9.17, 15) is 0 Å². The van der Waals surface area contributed by atoms with Crippen molar-refractivity contribution in [2.75, 3.05) is 13.6 Å². The lowest BCUT2D eigenvalue weighted by Crippen LogP contribution is -2.19. The number of aromatic nitrogens is 3. The van der Waals surface area contributed by atoms with Crippen LogP contribution in [0, 0.1) is 0 Å². The van der Waals surface area contributed by atoms with Gasteiger partial charge in [-0.1, -0.05) is 19.4 Å². The van der Waals surface area contributed by atoms with Crippen LogP contribution >= 0.6 is 0 Å². The second kappa shape index (κ2) is 7.93. The van der Waals surface area contributed by atoms with Gasteiger partial charge in [-0.3, -0.25) is 10.1 Å². The van der Waals surface area contributed by atoms with Crippen molar-refractivity contribution >= 4 is 10.9 Å². The Bertz CT molecular complexity index is 769. The molecular weight excluding hydrogens is 300 g/mol. The molecule has 3 aromatic rings. The monoisotopic (exact) mass is 324 g/mol. The molecule has 0 atom stereocenters. The van der Waals surface area contributed by atoms with Crippen molar-refractivity contribution in [2.24, 2.45) is 0 Å². The zero-order chi connectivity index (χ0) is 16.8. The molecule has 5 heteroatoms. The topological polar surface area (TPSA) is 54.0 Å². The molecule has 126 valence electrons. The van der Waals surface area contributed by atoms with Gasteiger partial charge < -0.3 is 9.64 Å². The fourth-order valence-electron chi connectivity index (χ4n) is 2.68. The van der Waals surface area contributed by atoms with E-state index in [1.54, 1.807) is 6.20 Å². The van der Waals surface area contributed by atoms with Crippen molar-refractivity contribution < 1.29 is 4.74 Å². The molecule has 0 saturated heterocycles. The summed E-state index contributed by atoms with van der Waals surface area (Å²) in [7, 11) is 2.14. The Hall–Kier alpha value is -2.40. The number of nitrogens with one attached hydrogen (secondary N) is 1. The van der Waals surface area contributed by atoms with Gasteiger partial charge in [0.15, 0.2) is 0 Å². The molecule has 0 spiro atoms. The number of H-pyrrole nitrogens is 1. The quantitative estimate of drug-likeness (QED) is 0.685. The van der Waals surface area contributed by atoms with Crippen molar-refractivity contribution in [1.82, 2.24) is 20.1 Å². The molecule has 0 aliphatic heterocycles. The molecule has 0 fully saturated rings. The highest BCUT2D eigenvalue weighted by Crippen LogP contribution is 2.23. The molecule has 3 rings (SSSR count). The van der Waals surface area contributed by atoms with E-state index in [-0.39, 0.29) is 0 Å². The summed E-state index contributed by atoms with van der Waals surface area (Å²) in [6, 6.07) is 9.96. The van der Waals surface area contributed by atoms with Crippen molar-refractivity contribution in [3.8, 4) is 5.75 Å². The highest BCUT2D eigenvalue weighted by atomic mass is 16.5. The summed E-state index contributed by atoms with van der Waals surface area (Å²) < 4.78 is 5.90. The van der Waals surface area contributed by atoms with Crippen molar-refractivity contribution in [3.05, 3.63) is 54.0 Å². The molecule has 0 saturated carbocycles. The first kappa shape index (κ1) is 16.5. The Balaban J connectivity index is 1.71. The summed E-state index contributed by atoms with van der Waals surface area (Å²) in [6.07, 6.45) is 6.01. The molecule has 24 heavy (non-hydrogen) atoms. The fourth-order valence-corrected chi connectivity index (χ4v) is 2.68. The van der Waals surface area contributed by atoms with Gasteiger partial charge in [0.2, 0.25) is 0 Å². The van der Waals surface area contributed by atoms with E-state index in [1.165, 1.54) is 12.8 Å². The van der Waals surface area contributed by atoms with Gasteiger partial charge in [0.05, 0.1) is 11.2 Å². The minimum atomic E-state index is 0.517. The molecule has 0 aliphatic rings. The SMILES string of the molecule is CCCCN(C)Cc1[nH]nc2ccc(OCc3cccnc3)cc12. The standard InChI is InChI=1S/C19H24N4O/c1-3-4-10-23(2)13-19-17-11-16(7-8-18(17)21-22-19)24-14-15-6-5-9-20-12-15/h5-9,11-12H,3-4,10,13-14H2,1-2H3,(H,21,22). The lowest BCUT2D eigenvalue weighted by molar-refractivity contribution is 0.306. The van der Waals surface area contributed by atoms with E-state index >= 15 is 0 Å². The summed E-state index contributed by atoms with van der Waals surface area (Å²) in [4.78, 5) is 6.43. The number of hydrogen-bond donors (Lipinski definition) is 1. The third-order valence-electron chi connectivity index (χ3n) is 4.05. The van der Waals surface area contributed by atoms with Crippen LogP contribution in [-0.2, 0) is 13.2 Å². The molecule has 1 N–H and O–H groups in total. The summed E-state index contributed by atoms with van der Waals surface area (Å²) >= 11 is 0. The van der Waals surface area contributed by atoms with Crippen LogP contribution in [0.4, 0.5) is 0 Å². The molecule has 0 aliphatic carbocycles. The largest absolute Gasteiger partial charge is 0.489 e. The zero-order valence-corrected chi connectivity index (χ0v) is 14.3. The van der Waals surface area contributed by atoms with Crippen molar-refractivity contribution in [2.45, 2.75) is 32.9 Å². The summed E-state index contributed by atoms with van der Waals surface area (Å²) in [5, 5.41) is 8.69. The van der Waals surface area contributed by atoms with E-state index in [1.807, 2.05) is 30.5 Å². The van der Waals surface area contributed by atoms with Crippen LogP contribution in [0.25, 0.3) is 10.9 Å². The average molecular weight is 324 g/mol. The smallest absolute Gasteiger partial charge is 0.120 e. The number of unbranched alkanes of at least 4 members (excludes halogenated alkanes) is 1. The molecule has 1 aromatic carbocycles. The maximum atomic E-state index is 5.90. The van der Waals surface area contributed by atoms with Gasteiger partial charge in [-0.25, -0.2) is 0 Å². The number of hydrogen-bond acceptors (Lipinski definition) is 4. The van der Waals surface area contributed by atoms with Gasteiger partial charge in [-0.05, 0) is 44.3 Å².